The predicted octanol–water partition coefficient (Wildman–Crippen LogP) is 1.20. The van der Waals surface area contributed by atoms with Crippen LogP contribution in [0.3, 0.4) is 0 Å². The minimum absolute atomic E-state index is 0.0460. The highest BCUT2D eigenvalue weighted by atomic mass is 16.1. The third-order valence-electron chi connectivity index (χ3n) is 4.95. The van der Waals surface area contributed by atoms with Crippen molar-refractivity contribution in [3.05, 3.63) is 47.9 Å². The maximum absolute atomic E-state index is 12.5. The summed E-state index contributed by atoms with van der Waals surface area (Å²) in [5.74, 6) is 2.28. The molecule has 0 saturated heterocycles. The second-order valence-electron chi connectivity index (χ2n) is 7.22. The van der Waals surface area contributed by atoms with Gasteiger partial charge in [0.25, 0.3) is 5.91 Å². The van der Waals surface area contributed by atoms with Gasteiger partial charge in [-0.25, -0.2) is 4.98 Å². The maximum Gasteiger partial charge on any atom is 0.252 e. The molecule has 0 atom stereocenters. The van der Waals surface area contributed by atoms with Gasteiger partial charge in [0.2, 0.25) is 0 Å². The highest BCUT2D eigenvalue weighted by Crippen LogP contribution is 2.36. The molecule has 136 valence electrons. The molecule has 8 nitrogen and oxygen atoms in total. The van der Waals surface area contributed by atoms with Crippen molar-refractivity contribution in [1.29, 1.82) is 0 Å². The van der Waals surface area contributed by atoms with Gasteiger partial charge >= 0.3 is 0 Å². The van der Waals surface area contributed by atoms with Crippen LogP contribution in [-0.4, -0.2) is 55.1 Å². The van der Waals surface area contributed by atoms with E-state index in [9.17, 15) is 4.79 Å². The van der Waals surface area contributed by atoms with Crippen molar-refractivity contribution in [2.24, 2.45) is 7.05 Å². The number of imidazole rings is 1. The van der Waals surface area contributed by atoms with Crippen molar-refractivity contribution in [2.75, 3.05) is 14.1 Å². The van der Waals surface area contributed by atoms with Crippen molar-refractivity contribution in [1.82, 2.24) is 34.4 Å². The highest BCUT2D eigenvalue weighted by molar-refractivity contribution is 5.94. The van der Waals surface area contributed by atoms with E-state index in [4.69, 9.17) is 0 Å². The third kappa shape index (κ3) is 3.08. The number of fused-ring (bicyclic) bond motifs is 1. The van der Waals surface area contributed by atoms with Crippen molar-refractivity contribution in [3.8, 4) is 0 Å². The fraction of sp³-hybridized carbons (Fsp3) is 0.444. The van der Waals surface area contributed by atoms with Gasteiger partial charge in [0.15, 0.2) is 0 Å². The molecule has 0 unspecified atom stereocenters. The maximum atomic E-state index is 12.5. The molecule has 0 bridgehead atoms. The lowest BCUT2D eigenvalue weighted by Gasteiger charge is -2.35. The first-order valence-corrected chi connectivity index (χ1v) is 8.77. The summed E-state index contributed by atoms with van der Waals surface area (Å²) >= 11 is 0. The van der Waals surface area contributed by atoms with E-state index >= 15 is 0 Å². The van der Waals surface area contributed by atoms with Crippen LogP contribution in [0.25, 0.3) is 5.65 Å². The summed E-state index contributed by atoms with van der Waals surface area (Å²) < 4.78 is 3.93. The number of hydrogen-bond donors (Lipinski definition) is 1. The smallest absolute Gasteiger partial charge is 0.252 e. The first-order chi connectivity index (χ1) is 12.5. The molecule has 1 aliphatic rings. The van der Waals surface area contributed by atoms with Crippen molar-refractivity contribution >= 4 is 11.6 Å². The van der Waals surface area contributed by atoms with Crippen LogP contribution < -0.4 is 5.32 Å². The minimum atomic E-state index is -0.0460. The van der Waals surface area contributed by atoms with Crippen LogP contribution in [0.1, 0.15) is 40.8 Å². The number of carbonyl (C=O) groups is 1. The summed E-state index contributed by atoms with van der Waals surface area (Å²) in [4.78, 5) is 18.7. The molecule has 1 fully saturated rings. The Bertz CT molecular complexity index is 936. The first kappa shape index (κ1) is 16.7. The number of nitrogens with zero attached hydrogens (tertiary/aromatic N) is 6. The fourth-order valence-electron chi connectivity index (χ4n) is 3.42. The summed E-state index contributed by atoms with van der Waals surface area (Å²) in [6, 6.07) is 3.84. The van der Waals surface area contributed by atoms with E-state index in [1.54, 1.807) is 6.20 Å². The lowest BCUT2D eigenvalue weighted by atomic mass is 9.79. The molecule has 0 aliphatic heterocycles. The number of aromatic nitrogens is 5. The second-order valence-corrected chi connectivity index (χ2v) is 7.22. The zero-order valence-electron chi connectivity index (χ0n) is 15.3. The number of hydrogen-bond acceptors (Lipinski definition) is 5. The van der Waals surface area contributed by atoms with Crippen molar-refractivity contribution < 1.29 is 4.79 Å². The Morgan fingerprint density at radius 1 is 1.31 bits per heavy atom. The predicted molar refractivity (Wildman–Crippen MR) is 96.8 cm³/mol. The zero-order valence-corrected chi connectivity index (χ0v) is 15.3. The van der Waals surface area contributed by atoms with E-state index in [1.165, 1.54) is 0 Å². The quantitative estimate of drug-likeness (QED) is 0.745. The number of rotatable bonds is 5. The van der Waals surface area contributed by atoms with Crippen LogP contribution in [0.4, 0.5) is 0 Å². The van der Waals surface area contributed by atoms with E-state index in [0.29, 0.717) is 11.5 Å². The topological polar surface area (TPSA) is 80.3 Å². The highest BCUT2D eigenvalue weighted by Gasteiger charge is 2.35. The lowest BCUT2D eigenvalue weighted by molar-refractivity contribution is 0.0906. The van der Waals surface area contributed by atoms with Gasteiger partial charge in [-0.2, -0.15) is 0 Å². The van der Waals surface area contributed by atoms with Crippen LogP contribution in [0.15, 0.2) is 30.7 Å². The van der Waals surface area contributed by atoms with Gasteiger partial charge in [-0.15, -0.1) is 10.2 Å². The molecule has 0 radical (unpaired) electrons. The van der Waals surface area contributed by atoms with Gasteiger partial charge < -0.3 is 19.2 Å². The molecule has 4 rings (SSSR count). The van der Waals surface area contributed by atoms with E-state index in [2.05, 4.69) is 30.0 Å². The Balaban J connectivity index is 1.36. The molecule has 8 heteroatoms. The first-order valence-electron chi connectivity index (χ1n) is 8.77. The largest absolute Gasteiger partial charge is 0.349 e. The SMILES string of the molecule is CN(C)Cc1nnc(C2CC(NC(=O)c3ccc4nccn4c3)C2)n1C. The zero-order chi connectivity index (χ0) is 18.3. The van der Waals surface area contributed by atoms with E-state index in [-0.39, 0.29) is 11.9 Å². The molecule has 1 amide bonds. The second kappa shape index (κ2) is 6.53. The summed E-state index contributed by atoms with van der Waals surface area (Å²) in [6.07, 6.45) is 7.16. The van der Waals surface area contributed by atoms with Crippen LogP contribution in [0, 0.1) is 0 Å². The van der Waals surface area contributed by atoms with Crippen LogP contribution >= 0.6 is 0 Å². The molecule has 3 aromatic heterocycles. The summed E-state index contributed by atoms with van der Waals surface area (Å²) in [7, 11) is 6.05. The third-order valence-corrected chi connectivity index (χ3v) is 4.95. The Kier molecular flexibility index (Phi) is 4.20. The van der Waals surface area contributed by atoms with Gasteiger partial charge in [0.1, 0.15) is 17.3 Å². The molecule has 1 aliphatic carbocycles. The molecular formula is C18H23N7O. The van der Waals surface area contributed by atoms with Gasteiger partial charge in [-0.05, 0) is 39.1 Å². The van der Waals surface area contributed by atoms with Crippen LogP contribution in [-0.2, 0) is 13.6 Å². The minimum Gasteiger partial charge on any atom is -0.349 e. The van der Waals surface area contributed by atoms with Gasteiger partial charge in [0.05, 0.1) is 12.1 Å². The fourth-order valence-corrected chi connectivity index (χ4v) is 3.42. The van der Waals surface area contributed by atoms with E-state index in [0.717, 1.165) is 36.7 Å². The number of nitrogens with one attached hydrogen (secondary N) is 1. The molecule has 0 spiro atoms. The van der Waals surface area contributed by atoms with Gasteiger partial charge in [0, 0.05) is 37.6 Å². The molecule has 1 N–H and O–H groups in total. The van der Waals surface area contributed by atoms with E-state index < -0.39 is 0 Å². The Hall–Kier alpha value is -2.74. The van der Waals surface area contributed by atoms with Gasteiger partial charge in [-0.1, -0.05) is 0 Å². The molecule has 0 aromatic carbocycles. The van der Waals surface area contributed by atoms with Crippen LogP contribution in [0.5, 0.6) is 0 Å². The monoisotopic (exact) mass is 353 g/mol. The standard InChI is InChI=1S/C18H23N7O/c1-23(2)11-16-21-22-17(24(16)3)13-8-14(9-13)20-18(26)12-4-5-15-19-6-7-25(15)10-12/h4-7,10,13-14H,8-9,11H2,1-3H3,(H,20,26). The molecular weight excluding hydrogens is 330 g/mol. The summed E-state index contributed by atoms with van der Waals surface area (Å²) in [5, 5.41) is 11.8. The average molecular weight is 353 g/mol. The number of pyridine rings is 1. The molecule has 3 heterocycles. The van der Waals surface area contributed by atoms with Crippen LogP contribution in [0.2, 0.25) is 0 Å². The molecule has 26 heavy (non-hydrogen) atoms. The summed E-state index contributed by atoms with van der Waals surface area (Å²) in [5.41, 5.74) is 1.48. The van der Waals surface area contributed by atoms with E-state index in [1.807, 2.05) is 50.1 Å². The number of carbonyl (C=O) groups excluding carboxylic acids is 1. The Labute approximate surface area is 151 Å². The Morgan fingerprint density at radius 3 is 2.88 bits per heavy atom. The normalized spacial score (nSPS) is 19.7. The molecule has 1 saturated carbocycles. The number of amides is 1. The molecule has 3 aromatic rings. The Morgan fingerprint density at radius 2 is 2.12 bits per heavy atom. The average Bonchev–Trinajstić information content (AvgIpc) is 3.17. The lowest BCUT2D eigenvalue weighted by Crippen LogP contribution is -2.44. The van der Waals surface area contributed by atoms with Gasteiger partial charge in [-0.3, -0.25) is 4.79 Å². The van der Waals surface area contributed by atoms with Crippen molar-refractivity contribution in [2.45, 2.75) is 31.3 Å². The van der Waals surface area contributed by atoms with Crippen molar-refractivity contribution in [3.63, 3.8) is 0 Å². The summed E-state index contributed by atoms with van der Waals surface area (Å²) in [6.45, 7) is 0.771.